The van der Waals surface area contributed by atoms with E-state index >= 15 is 0 Å². The molecule has 2 aromatic heterocycles. The van der Waals surface area contributed by atoms with Crippen LogP contribution in [0.15, 0.2) is 36.9 Å². The van der Waals surface area contributed by atoms with Crippen molar-refractivity contribution in [2.24, 2.45) is 0 Å². The Morgan fingerprint density at radius 3 is 2.74 bits per heavy atom. The number of rotatable bonds is 2. The van der Waals surface area contributed by atoms with Gasteiger partial charge in [0.1, 0.15) is 24.0 Å². The molecule has 1 N–H and O–H groups in total. The van der Waals surface area contributed by atoms with Crippen LogP contribution in [-0.4, -0.2) is 21.1 Å². The van der Waals surface area contributed by atoms with E-state index in [9.17, 15) is 18.4 Å². The molecule has 0 spiro atoms. The van der Waals surface area contributed by atoms with Crippen molar-refractivity contribution in [2.45, 2.75) is 19.5 Å². The summed E-state index contributed by atoms with van der Waals surface area (Å²) in [6.45, 7) is 2.47. The number of nitriles is 1. The smallest absolute Gasteiger partial charge is 0.369 e. The van der Waals surface area contributed by atoms with Crippen LogP contribution in [0.25, 0.3) is 16.9 Å². The summed E-state index contributed by atoms with van der Waals surface area (Å²) < 4.78 is 41.1. The number of nitrogens with one attached hydrogen (secondary N) is 1. The summed E-state index contributed by atoms with van der Waals surface area (Å²) in [5, 5.41) is 12.7. The zero-order valence-electron chi connectivity index (χ0n) is 14.3. The number of aromatic nitrogens is 3. The summed E-state index contributed by atoms with van der Waals surface area (Å²) in [6.07, 6.45) is 0.964. The van der Waals surface area contributed by atoms with Gasteiger partial charge in [0.15, 0.2) is 0 Å². The maximum Gasteiger partial charge on any atom is 0.416 e. The number of hydrogen-bond acceptors (Lipinski definition) is 4. The van der Waals surface area contributed by atoms with Crippen LogP contribution < -0.4 is 5.32 Å². The lowest BCUT2D eigenvalue weighted by Crippen LogP contribution is -2.05. The first-order valence-electron chi connectivity index (χ1n) is 8.27. The lowest BCUT2D eigenvalue weighted by atomic mass is 9.97. The molecule has 27 heavy (non-hydrogen) atoms. The number of nitrogens with zero attached hydrogens (tertiary/aromatic N) is 4. The molecule has 1 aromatic carbocycles. The van der Waals surface area contributed by atoms with Crippen LogP contribution in [0.2, 0.25) is 0 Å². The van der Waals surface area contributed by atoms with Gasteiger partial charge in [0.05, 0.1) is 11.1 Å². The average molecular weight is 369 g/mol. The fourth-order valence-corrected chi connectivity index (χ4v) is 3.28. The van der Waals surface area contributed by atoms with Crippen molar-refractivity contribution in [1.82, 2.24) is 14.5 Å². The van der Waals surface area contributed by atoms with Crippen LogP contribution in [0.4, 0.5) is 19.0 Å². The van der Waals surface area contributed by atoms with Gasteiger partial charge in [-0.15, -0.1) is 0 Å². The van der Waals surface area contributed by atoms with Crippen molar-refractivity contribution >= 4 is 5.82 Å². The molecule has 5 nitrogen and oxygen atoms in total. The van der Waals surface area contributed by atoms with Gasteiger partial charge < -0.3 is 9.88 Å². The minimum Gasteiger partial charge on any atom is -0.369 e. The van der Waals surface area contributed by atoms with Crippen LogP contribution in [0.5, 0.6) is 0 Å². The van der Waals surface area contributed by atoms with Gasteiger partial charge in [-0.25, -0.2) is 9.97 Å². The average Bonchev–Trinajstić information content (AvgIpc) is 3.27. The summed E-state index contributed by atoms with van der Waals surface area (Å²) >= 11 is 0. The highest BCUT2D eigenvalue weighted by atomic mass is 19.4. The minimum absolute atomic E-state index is 0.288. The van der Waals surface area contributed by atoms with E-state index in [-0.39, 0.29) is 5.56 Å². The molecule has 4 rings (SSSR count). The summed E-state index contributed by atoms with van der Waals surface area (Å²) in [6, 6.07) is 5.63. The monoisotopic (exact) mass is 369 g/mol. The number of alkyl halides is 3. The molecular weight excluding hydrogens is 355 g/mol. The van der Waals surface area contributed by atoms with Crippen molar-refractivity contribution in [3.63, 3.8) is 0 Å². The van der Waals surface area contributed by atoms with E-state index in [0.717, 1.165) is 36.5 Å². The highest BCUT2D eigenvalue weighted by Gasteiger charge is 2.31. The summed E-state index contributed by atoms with van der Waals surface area (Å²) in [5.41, 5.74) is 1.95. The highest BCUT2D eigenvalue weighted by molar-refractivity contribution is 5.74. The molecule has 0 fully saturated rings. The quantitative estimate of drug-likeness (QED) is 0.739. The van der Waals surface area contributed by atoms with Gasteiger partial charge in [0.25, 0.3) is 0 Å². The maximum atomic E-state index is 13.1. The van der Waals surface area contributed by atoms with E-state index in [0.29, 0.717) is 22.5 Å². The first-order chi connectivity index (χ1) is 12.9. The van der Waals surface area contributed by atoms with E-state index in [2.05, 4.69) is 21.4 Å². The number of fused-ring (bicyclic) bond motifs is 1. The molecule has 0 atom stereocenters. The topological polar surface area (TPSA) is 66.5 Å². The zero-order valence-corrected chi connectivity index (χ0v) is 14.3. The SMILES string of the molecule is Cc1ccc(C(F)(F)F)cc1-c1cn(-c2ncnc3c2CCN3)cc1C#N. The second-order valence-electron chi connectivity index (χ2n) is 6.33. The first kappa shape index (κ1) is 17.1. The number of anilines is 1. The third-order valence-electron chi connectivity index (χ3n) is 4.64. The van der Waals surface area contributed by atoms with Crippen molar-refractivity contribution in [3.8, 4) is 23.0 Å². The number of halogens is 3. The van der Waals surface area contributed by atoms with Gasteiger partial charge in [-0.1, -0.05) is 6.07 Å². The Hall–Kier alpha value is -3.34. The Balaban J connectivity index is 1.88. The van der Waals surface area contributed by atoms with Gasteiger partial charge in [-0.2, -0.15) is 18.4 Å². The first-order valence-corrected chi connectivity index (χ1v) is 8.27. The van der Waals surface area contributed by atoms with E-state index in [1.807, 2.05) is 0 Å². The minimum atomic E-state index is -4.45. The van der Waals surface area contributed by atoms with Gasteiger partial charge >= 0.3 is 6.18 Å². The Morgan fingerprint density at radius 2 is 2.00 bits per heavy atom. The molecule has 0 bridgehead atoms. The van der Waals surface area contributed by atoms with Gasteiger partial charge in [0, 0.05) is 30.1 Å². The molecular formula is C19H14F3N5. The predicted octanol–water partition coefficient (Wildman–Crippen LogP) is 4.10. The van der Waals surface area contributed by atoms with E-state index in [1.165, 1.54) is 12.4 Å². The van der Waals surface area contributed by atoms with Gasteiger partial charge in [-0.05, 0) is 36.6 Å². The predicted molar refractivity (Wildman–Crippen MR) is 93.4 cm³/mol. The maximum absolute atomic E-state index is 13.1. The van der Waals surface area contributed by atoms with Crippen LogP contribution in [0, 0.1) is 18.3 Å². The summed E-state index contributed by atoms with van der Waals surface area (Å²) in [7, 11) is 0. The van der Waals surface area contributed by atoms with Crippen LogP contribution in [0.1, 0.15) is 22.3 Å². The number of aryl methyl sites for hydroxylation is 1. The molecule has 1 aliphatic heterocycles. The molecule has 0 amide bonds. The molecule has 8 heteroatoms. The van der Waals surface area contributed by atoms with Crippen LogP contribution >= 0.6 is 0 Å². The molecule has 0 saturated heterocycles. The summed E-state index contributed by atoms with van der Waals surface area (Å²) in [4.78, 5) is 8.48. The molecule has 0 aliphatic carbocycles. The normalized spacial score (nSPS) is 13.1. The lowest BCUT2D eigenvalue weighted by Gasteiger charge is -2.11. The van der Waals surface area contributed by atoms with Gasteiger partial charge in [0.2, 0.25) is 0 Å². The molecule has 0 unspecified atom stereocenters. The molecule has 3 heterocycles. The number of benzene rings is 1. The summed E-state index contributed by atoms with van der Waals surface area (Å²) in [5.74, 6) is 1.36. The van der Waals surface area contributed by atoms with Crippen molar-refractivity contribution < 1.29 is 13.2 Å². The standard InChI is InChI=1S/C19H14F3N5/c1-11-2-3-13(19(20,21)22)6-15(11)16-9-27(8-12(16)7-23)18-14-4-5-24-17(14)25-10-26-18/h2-3,6,8-10H,4-5H2,1H3,(H,24,25,26). The third kappa shape index (κ3) is 2.91. The molecule has 3 aromatic rings. The molecule has 1 aliphatic rings. The Morgan fingerprint density at radius 1 is 1.19 bits per heavy atom. The van der Waals surface area contributed by atoms with E-state index < -0.39 is 11.7 Å². The third-order valence-corrected chi connectivity index (χ3v) is 4.64. The lowest BCUT2D eigenvalue weighted by molar-refractivity contribution is -0.137. The number of hydrogen-bond donors (Lipinski definition) is 1. The van der Waals surface area contributed by atoms with Crippen molar-refractivity contribution in [1.29, 1.82) is 5.26 Å². The second-order valence-corrected chi connectivity index (χ2v) is 6.33. The van der Waals surface area contributed by atoms with Crippen molar-refractivity contribution in [2.75, 3.05) is 11.9 Å². The zero-order chi connectivity index (χ0) is 19.2. The second kappa shape index (κ2) is 6.13. The molecule has 0 radical (unpaired) electrons. The van der Waals surface area contributed by atoms with Gasteiger partial charge in [-0.3, -0.25) is 0 Å². The van der Waals surface area contributed by atoms with Crippen LogP contribution in [-0.2, 0) is 12.6 Å². The Kier molecular flexibility index (Phi) is 3.88. The fourth-order valence-electron chi connectivity index (χ4n) is 3.28. The largest absolute Gasteiger partial charge is 0.416 e. The van der Waals surface area contributed by atoms with Crippen molar-refractivity contribution in [3.05, 3.63) is 59.2 Å². The highest BCUT2D eigenvalue weighted by Crippen LogP contribution is 2.36. The Labute approximate surface area is 153 Å². The molecule has 0 saturated carbocycles. The van der Waals surface area contributed by atoms with E-state index in [4.69, 9.17) is 0 Å². The molecule has 136 valence electrons. The fraction of sp³-hybridized carbons (Fsp3) is 0.211. The van der Waals surface area contributed by atoms with E-state index in [1.54, 1.807) is 23.9 Å². The Bertz CT molecular complexity index is 1080. The van der Waals surface area contributed by atoms with Crippen LogP contribution in [0.3, 0.4) is 0 Å².